The average Bonchev–Trinajstić information content (AvgIpc) is 3.28. The molecule has 2 amide bonds. The van der Waals surface area contributed by atoms with Crippen molar-refractivity contribution >= 4 is 41.2 Å². The third-order valence-electron chi connectivity index (χ3n) is 7.17. The van der Waals surface area contributed by atoms with Crippen LogP contribution < -0.4 is 31.4 Å². The normalized spacial score (nSPS) is 20.5. The highest BCUT2D eigenvalue weighted by Crippen LogP contribution is 2.36. The summed E-state index contributed by atoms with van der Waals surface area (Å²) in [6.45, 7) is 10.9. The van der Waals surface area contributed by atoms with Gasteiger partial charge in [-0.2, -0.15) is 0 Å². The molecule has 266 valence electrons. The summed E-state index contributed by atoms with van der Waals surface area (Å²) in [5.74, 6) is -1.82. The molecular weight excluding hydrogens is 678 g/mol. The van der Waals surface area contributed by atoms with Gasteiger partial charge >= 0.3 is 17.8 Å². The fourth-order valence-corrected chi connectivity index (χ4v) is 5.18. The van der Waals surface area contributed by atoms with Gasteiger partial charge in [-0.3, -0.25) is 19.1 Å². The van der Waals surface area contributed by atoms with Gasteiger partial charge in [0.25, 0.3) is 11.5 Å². The summed E-state index contributed by atoms with van der Waals surface area (Å²) in [5, 5.41) is 5.37. The van der Waals surface area contributed by atoms with Crippen LogP contribution >= 0.6 is 23.2 Å². The number of alkyl halides is 1. The Morgan fingerprint density at radius 3 is 2.33 bits per heavy atom. The van der Waals surface area contributed by atoms with Gasteiger partial charge in [-0.05, 0) is 46.1 Å². The van der Waals surface area contributed by atoms with Gasteiger partial charge in [-0.1, -0.05) is 44.0 Å². The maximum Gasteiger partial charge on any atom is 0.408 e. The van der Waals surface area contributed by atoms with Gasteiger partial charge in [-0.15, -0.1) is 0 Å². The van der Waals surface area contributed by atoms with E-state index in [1.807, 2.05) is 0 Å². The third kappa shape index (κ3) is 9.63. The number of methoxy groups -OCH3 is 1. The second-order valence-corrected chi connectivity index (χ2v) is 13.2. The molecule has 1 aromatic heterocycles. The van der Waals surface area contributed by atoms with Crippen molar-refractivity contribution in [3.63, 3.8) is 0 Å². The quantitative estimate of drug-likeness (QED) is 0.274. The van der Waals surface area contributed by atoms with E-state index in [0.717, 1.165) is 4.57 Å². The Morgan fingerprint density at radius 2 is 1.75 bits per heavy atom. The lowest BCUT2D eigenvalue weighted by Gasteiger charge is -2.27. The lowest BCUT2D eigenvalue weighted by molar-refractivity contribution is -0.157. The molecule has 0 aliphatic carbocycles. The smallest absolute Gasteiger partial charge is 0.408 e. The van der Waals surface area contributed by atoms with E-state index in [9.17, 15) is 24.0 Å². The van der Waals surface area contributed by atoms with Crippen molar-refractivity contribution < 1.29 is 42.5 Å². The van der Waals surface area contributed by atoms with Crippen LogP contribution in [-0.4, -0.2) is 77.3 Å². The first-order valence-corrected chi connectivity index (χ1v) is 15.9. The number of alkyl carbamates (subject to hydrolysis) is 1. The number of halogens is 3. The lowest BCUT2D eigenvalue weighted by atomic mass is 10.0. The summed E-state index contributed by atoms with van der Waals surface area (Å²) >= 11 is 12.3. The van der Waals surface area contributed by atoms with E-state index in [1.165, 1.54) is 32.4 Å². The van der Waals surface area contributed by atoms with Crippen LogP contribution in [-0.2, 0) is 30.2 Å². The minimum atomic E-state index is -2.15. The molecule has 0 radical (unpaired) electrons. The Hall–Kier alpha value is -3.82. The highest BCUT2D eigenvalue weighted by molar-refractivity contribution is 6.36. The van der Waals surface area contributed by atoms with Gasteiger partial charge in [0.2, 0.25) is 0 Å². The van der Waals surface area contributed by atoms with Gasteiger partial charge in [-0.25, -0.2) is 18.8 Å². The van der Waals surface area contributed by atoms with Crippen LogP contribution in [0.3, 0.4) is 0 Å². The number of amides is 2. The van der Waals surface area contributed by atoms with Crippen LogP contribution in [0.2, 0.25) is 10.0 Å². The van der Waals surface area contributed by atoms with Crippen molar-refractivity contribution in [3.05, 3.63) is 54.8 Å². The fraction of sp³-hybridized carbons (Fsp3) is 0.581. The van der Waals surface area contributed by atoms with Crippen LogP contribution in [0.25, 0.3) is 0 Å². The molecular formula is C31H41Cl2FN4O10. The number of rotatable bonds is 12. The van der Waals surface area contributed by atoms with Crippen LogP contribution in [0, 0.1) is 5.92 Å². The van der Waals surface area contributed by atoms with E-state index in [1.54, 1.807) is 41.5 Å². The second-order valence-electron chi connectivity index (χ2n) is 12.4. The zero-order valence-corrected chi connectivity index (χ0v) is 29.4. The van der Waals surface area contributed by atoms with Crippen molar-refractivity contribution in [2.75, 3.05) is 13.7 Å². The van der Waals surface area contributed by atoms with Gasteiger partial charge in [0.05, 0.1) is 17.2 Å². The van der Waals surface area contributed by atoms with Crippen LogP contribution in [0.4, 0.5) is 9.18 Å². The number of aryl methyl sites for hydroxylation is 1. The first-order valence-electron chi connectivity index (χ1n) is 15.2. The van der Waals surface area contributed by atoms with Gasteiger partial charge in [0.15, 0.2) is 24.6 Å². The molecule has 1 fully saturated rings. The van der Waals surface area contributed by atoms with E-state index >= 15 is 4.39 Å². The number of hydrogen-bond donors (Lipinski definition) is 3. The Bertz CT molecular complexity index is 1610. The first kappa shape index (κ1) is 38.6. The molecule has 1 aliphatic rings. The number of esters is 1. The van der Waals surface area contributed by atoms with Gasteiger partial charge in [0.1, 0.15) is 29.2 Å². The zero-order valence-electron chi connectivity index (χ0n) is 27.9. The van der Waals surface area contributed by atoms with Crippen LogP contribution in [0.5, 0.6) is 11.5 Å². The molecule has 2 aromatic rings. The summed E-state index contributed by atoms with van der Waals surface area (Å²) in [4.78, 5) is 65.9. The number of carbonyl (C=O) groups excluding carboxylic acids is 3. The molecule has 17 heteroatoms. The summed E-state index contributed by atoms with van der Waals surface area (Å²) in [5.41, 5.74) is -2.27. The number of ether oxygens (including phenoxy) is 5. The predicted molar refractivity (Wildman–Crippen MR) is 173 cm³/mol. The third-order valence-corrected chi connectivity index (χ3v) is 7.76. The van der Waals surface area contributed by atoms with Crippen LogP contribution in [0.15, 0.2) is 27.9 Å². The first-order chi connectivity index (χ1) is 22.4. The maximum absolute atomic E-state index is 16.2. The van der Waals surface area contributed by atoms with Gasteiger partial charge < -0.3 is 34.3 Å². The predicted octanol–water partition coefficient (Wildman–Crippen LogP) is 3.69. The molecule has 6 atom stereocenters. The highest BCUT2D eigenvalue weighted by atomic mass is 35.5. The number of nitrogens with one attached hydrogen (secondary N) is 3. The zero-order chi connectivity index (χ0) is 36.1. The molecule has 1 saturated heterocycles. The molecule has 0 bridgehead atoms. The largest absolute Gasteiger partial charge is 0.495 e. The number of nitrogens with zero attached hydrogens (tertiary/aromatic N) is 1. The Labute approximate surface area is 286 Å². The summed E-state index contributed by atoms with van der Waals surface area (Å²) in [6.07, 6.45) is -7.42. The van der Waals surface area contributed by atoms with E-state index in [-0.39, 0.29) is 33.5 Å². The van der Waals surface area contributed by atoms with Crippen molar-refractivity contribution in [1.82, 2.24) is 20.2 Å². The van der Waals surface area contributed by atoms with Crippen LogP contribution in [0.1, 0.15) is 60.3 Å². The molecule has 2 heterocycles. The van der Waals surface area contributed by atoms with E-state index in [2.05, 4.69) is 15.6 Å². The van der Waals surface area contributed by atoms with E-state index in [0.29, 0.717) is 0 Å². The Morgan fingerprint density at radius 1 is 1.10 bits per heavy atom. The maximum atomic E-state index is 16.2. The molecule has 1 aliphatic heterocycles. The molecule has 0 saturated carbocycles. The van der Waals surface area contributed by atoms with Crippen molar-refractivity contribution in [2.45, 2.75) is 97.2 Å². The molecule has 0 spiro atoms. The fourth-order valence-electron chi connectivity index (χ4n) is 4.68. The van der Waals surface area contributed by atoms with Crippen molar-refractivity contribution in [2.24, 2.45) is 5.92 Å². The van der Waals surface area contributed by atoms with Crippen molar-refractivity contribution in [3.8, 4) is 11.5 Å². The minimum absolute atomic E-state index is 0.106. The van der Waals surface area contributed by atoms with Crippen molar-refractivity contribution in [1.29, 1.82) is 0 Å². The Kier molecular flexibility index (Phi) is 12.9. The van der Waals surface area contributed by atoms with E-state index in [4.69, 9.17) is 46.9 Å². The monoisotopic (exact) mass is 718 g/mol. The number of H-pyrrole nitrogens is 1. The summed E-state index contributed by atoms with van der Waals surface area (Å²) < 4.78 is 44.6. The molecule has 3 N–H and O–H groups in total. The average molecular weight is 720 g/mol. The SMILES string of the molecule is CCc1cn([C@@H]2O[C@H](CNC(=O)C(C)Oc3cc(OC)c(Cl)cc3Cl)[C@@H](OC(=O)[C@H](NC(=O)OC(C)(C)C)C(C)C)[C@@H]2F)c(=O)[nH]c1=O. The summed E-state index contributed by atoms with van der Waals surface area (Å²) in [7, 11) is 1.40. The van der Waals surface area contributed by atoms with Gasteiger partial charge in [0, 0.05) is 24.4 Å². The molecule has 48 heavy (non-hydrogen) atoms. The highest BCUT2D eigenvalue weighted by Gasteiger charge is 2.50. The molecule has 1 unspecified atom stereocenters. The minimum Gasteiger partial charge on any atom is -0.495 e. The summed E-state index contributed by atoms with van der Waals surface area (Å²) in [6, 6.07) is 1.54. The number of carbonyl (C=O) groups is 3. The lowest BCUT2D eigenvalue weighted by Crippen LogP contribution is -2.50. The number of hydrogen-bond acceptors (Lipinski definition) is 10. The standard InChI is InChI=1S/C31H41Cl2FN4O10/c1-9-16-13-38(29(42)37-26(16)40)27-22(34)24(47-28(41)23(14(2)3)36-30(43)48-31(5,6)7)21(46-27)12-35-25(39)15(4)45-20-11-19(44-8)17(32)10-18(20)33/h10-11,13-15,21-24,27H,9,12H2,1-8H3,(H,35,39)(H,36,43)(H,37,40,42)/t15?,21-,22+,23-,24-,27-/m1/s1. The topological polar surface area (TPSA) is 176 Å². The van der Waals surface area contributed by atoms with E-state index < -0.39 is 84.0 Å². The Balaban J connectivity index is 1.86. The number of aromatic amines is 1. The second kappa shape index (κ2) is 16.1. The number of aromatic nitrogens is 2. The number of benzene rings is 1. The molecule has 14 nitrogen and oxygen atoms in total. The molecule has 1 aromatic carbocycles. The molecule has 3 rings (SSSR count).